The molecule has 0 amide bonds. The van der Waals surface area contributed by atoms with Crippen molar-refractivity contribution in [1.29, 1.82) is 0 Å². The molecule has 1 rings (SSSR count). The molecule has 0 aromatic heterocycles. The molecule has 0 aliphatic carbocycles. The zero-order chi connectivity index (χ0) is 9.90. The van der Waals surface area contributed by atoms with Crippen molar-refractivity contribution in [3.63, 3.8) is 0 Å². The fraction of sp³-hybridized carbons (Fsp3) is 0.909. The van der Waals surface area contributed by atoms with E-state index in [1.807, 2.05) is 20.8 Å². The van der Waals surface area contributed by atoms with Crippen molar-refractivity contribution in [2.75, 3.05) is 17.3 Å². The monoisotopic (exact) mass is 201 g/mol. The van der Waals surface area contributed by atoms with Crippen LogP contribution in [0.15, 0.2) is 0 Å². The lowest BCUT2D eigenvalue weighted by Gasteiger charge is -2.18. The van der Waals surface area contributed by atoms with E-state index in [1.165, 1.54) is 30.8 Å². The molecule has 0 saturated carbocycles. The van der Waals surface area contributed by atoms with Crippen LogP contribution in [-0.4, -0.2) is 23.0 Å². The van der Waals surface area contributed by atoms with Crippen molar-refractivity contribution >= 4 is 16.7 Å². The number of hydrogen-bond acceptors (Lipinski definition) is 1. The van der Waals surface area contributed by atoms with Gasteiger partial charge in [0.2, 0.25) is 0 Å². The quantitative estimate of drug-likeness (QED) is 0.627. The van der Waals surface area contributed by atoms with E-state index < -0.39 is 0 Å². The second-order valence-electron chi connectivity index (χ2n) is 4.90. The van der Waals surface area contributed by atoms with Gasteiger partial charge in [-0.2, -0.15) is 0 Å². The van der Waals surface area contributed by atoms with Gasteiger partial charge < -0.3 is 0 Å². The van der Waals surface area contributed by atoms with E-state index in [9.17, 15) is 4.79 Å². The minimum atomic E-state index is -0.121. The predicted molar refractivity (Wildman–Crippen MR) is 60.3 cm³/mol. The van der Waals surface area contributed by atoms with Crippen LogP contribution in [0.3, 0.4) is 0 Å². The summed E-state index contributed by atoms with van der Waals surface area (Å²) in [5.74, 6) is 3.92. The highest BCUT2D eigenvalue weighted by molar-refractivity contribution is 7.97. The molecular weight excluding hydrogens is 180 g/mol. The number of ketones is 1. The minimum Gasteiger partial charge on any atom is -0.294 e. The smallest absolute Gasteiger partial charge is 0.187 e. The van der Waals surface area contributed by atoms with Gasteiger partial charge >= 0.3 is 0 Å². The van der Waals surface area contributed by atoms with Gasteiger partial charge in [-0.15, -0.1) is 0 Å². The summed E-state index contributed by atoms with van der Waals surface area (Å²) in [6.07, 6.45) is 4.08. The van der Waals surface area contributed by atoms with E-state index in [-0.39, 0.29) is 5.41 Å². The van der Waals surface area contributed by atoms with E-state index >= 15 is 0 Å². The summed E-state index contributed by atoms with van der Waals surface area (Å²) in [6.45, 7) is 6.09. The van der Waals surface area contributed by atoms with Crippen molar-refractivity contribution < 1.29 is 4.79 Å². The van der Waals surface area contributed by atoms with Crippen LogP contribution in [0.1, 0.15) is 40.0 Å². The van der Waals surface area contributed by atoms with Gasteiger partial charge in [0.05, 0.1) is 0 Å². The molecule has 13 heavy (non-hydrogen) atoms. The average molecular weight is 201 g/mol. The Kier molecular flexibility index (Phi) is 3.84. The molecule has 0 bridgehead atoms. The SMILES string of the molecule is CC(C)(C)C(=O)C[S+]1CCCCC1. The second-order valence-corrected chi connectivity index (χ2v) is 7.23. The van der Waals surface area contributed by atoms with Crippen LogP contribution < -0.4 is 0 Å². The molecular formula is C11H21OS+. The zero-order valence-electron chi connectivity index (χ0n) is 9.06. The summed E-state index contributed by atoms with van der Waals surface area (Å²) in [7, 11) is 0.429. The molecule has 0 unspecified atom stereocenters. The number of rotatable bonds is 2. The van der Waals surface area contributed by atoms with E-state index in [2.05, 4.69) is 0 Å². The lowest BCUT2D eigenvalue weighted by Crippen LogP contribution is -2.32. The Morgan fingerprint density at radius 1 is 1.15 bits per heavy atom. The van der Waals surface area contributed by atoms with Gasteiger partial charge in [-0.3, -0.25) is 4.79 Å². The van der Waals surface area contributed by atoms with Crippen LogP contribution in [0.5, 0.6) is 0 Å². The number of carbonyl (C=O) groups is 1. The van der Waals surface area contributed by atoms with Crippen LogP contribution in [-0.2, 0) is 15.7 Å². The lowest BCUT2D eigenvalue weighted by atomic mass is 9.92. The van der Waals surface area contributed by atoms with E-state index in [0.29, 0.717) is 16.7 Å². The maximum atomic E-state index is 11.7. The summed E-state index contributed by atoms with van der Waals surface area (Å²) in [5.41, 5.74) is -0.121. The van der Waals surface area contributed by atoms with Gasteiger partial charge in [-0.25, -0.2) is 0 Å². The van der Waals surface area contributed by atoms with Crippen LogP contribution in [0.2, 0.25) is 0 Å². The van der Waals surface area contributed by atoms with Crippen molar-refractivity contribution in [1.82, 2.24) is 0 Å². The molecule has 1 aliphatic rings. The van der Waals surface area contributed by atoms with E-state index in [1.54, 1.807) is 0 Å². The fourth-order valence-corrected chi connectivity index (χ4v) is 3.96. The van der Waals surface area contributed by atoms with E-state index in [0.717, 1.165) is 5.75 Å². The standard InChI is InChI=1S/C11H21OS/c1-11(2,3)10(12)9-13-7-5-4-6-8-13/h4-9H2,1-3H3/q+1. The zero-order valence-corrected chi connectivity index (χ0v) is 9.88. The molecule has 76 valence electrons. The number of carbonyl (C=O) groups excluding carboxylic acids is 1. The first-order valence-corrected chi connectivity index (χ1v) is 6.91. The van der Waals surface area contributed by atoms with Crippen molar-refractivity contribution in [2.45, 2.75) is 40.0 Å². The lowest BCUT2D eigenvalue weighted by molar-refractivity contribution is -0.123. The third-order valence-electron chi connectivity index (χ3n) is 2.54. The highest BCUT2D eigenvalue weighted by Gasteiger charge is 2.30. The van der Waals surface area contributed by atoms with Gasteiger partial charge in [0.1, 0.15) is 11.5 Å². The summed E-state index contributed by atoms with van der Waals surface area (Å²) >= 11 is 0. The highest BCUT2D eigenvalue weighted by Crippen LogP contribution is 2.20. The van der Waals surface area contributed by atoms with Crippen LogP contribution in [0.4, 0.5) is 0 Å². The molecule has 0 aromatic rings. The predicted octanol–water partition coefficient (Wildman–Crippen LogP) is 2.40. The summed E-state index contributed by atoms with van der Waals surface area (Å²) in [4.78, 5) is 11.7. The normalized spacial score (nSPS) is 20.2. The first kappa shape index (κ1) is 11.1. The molecule has 1 heterocycles. The molecule has 0 aromatic carbocycles. The van der Waals surface area contributed by atoms with Gasteiger partial charge in [0.25, 0.3) is 0 Å². The average Bonchev–Trinajstić information content (AvgIpc) is 2.04. The molecule has 0 N–H and O–H groups in total. The van der Waals surface area contributed by atoms with E-state index in [4.69, 9.17) is 0 Å². The summed E-state index contributed by atoms with van der Waals surface area (Å²) < 4.78 is 0. The Morgan fingerprint density at radius 2 is 1.69 bits per heavy atom. The molecule has 2 heteroatoms. The molecule has 0 atom stereocenters. The van der Waals surface area contributed by atoms with Crippen molar-refractivity contribution in [3.8, 4) is 0 Å². The third-order valence-corrected chi connectivity index (χ3v) is 4.94. The van der Waals surface area contributed by atoms with Gasteiger partial charge in [0.15, 0.2) is 11.5 Å². The maximum Gasteiger partial charge on any atom is 0.187 e. The highest BCUT2D eigenvalue weighted by atomic mass is 32.2. The molecule has 1 nitrogen and oxygen atoms in total. The Morgan fingerprint density at radius 3 is 2.15 bits per heavy atom. The minimum absolute atomic E-state index is 0.121. The topological polar surface area (TPSA) is 17.1 Å². The van der Waals surface area contributed by atoms with Crippen molar-refractivity contribution in [3.05, 3.63) is 0 Å². The number of hydrogen-bond donors (Lipinski definition) is 0. The fourth-order valence-electron chi connectivity index (χ4n) is 1.44. The summed E-state index contributed by atoms with van der Waals surface area (Å²) in [6, 6.07) is 0. The Labute approximate surface area is 84.6 Å². The molecule has 1 fully saturated rings. The number of Topliss-reactive ketones (excluding diaryl/α,β-unsaturated/α-hetero) is 1. The maximum absolute atomic E-state index is 11.7. The van der Waals surface area contributed by atoms with Gasteiger partial charge in [-0.05, 0) is 30.2 Å². The van der Waals surface area contributed by atoms with Crippen molar-refractivity contribution in [2.24, 2.45) is 5.41 Å². The van der Waals surface area contributed by atoms with Gasteiger partial charge in [-0.1, -0.05) is 20.8 Å². The molecule has 1 saturated heterocycles. The Hall–Kier alpha value is 0.0200. The third kappa shape index (κ3) is 3.72. The first-order chi connectivity index (χ1) is 6.00. The van der Waals surface area contributed by atoms with Crippen LogP contribution in [0.25, 0.3) is 0 Å². The summed E-state index contributed by atoms with van der Waals surface area (Å²) in [5, 5.41) is 0. The molecule has 0 spiro atoms. The largest absolute Gasteiger partial charge is 0.294 e. The van der Waals surface area contributed by atoms with Crippen LogP contribution in [0, 0.1) is 5.41 Å². The Bertz CT molecular complexity index is 175. The molecule has 1 aliphatic heterocycles. The first-order valence-electron chi connectivity index (χ1n) is 5.17. The molecule has 0 radical (unpaired) electrons. The van der Waals surface area contributed by atoms with Crippen LogP contribution >= 0.6 is 0 Å². The Balaban J connectivity index is 2.35. The second kappa shape index (κ2) is 4.50. The van der Waals surface area contributed by atoms with Gasteiger partial charge in [0, 0.05) is 5.41 Å².